The van der Waals surface area contributed by atoms with Crippen molar-refractivity contribution in [2.45, 2.75) is 0 Å². The third-order valence-corrected chi connectivity index (χ3v) is 0.887. The van der Waals surface area contributed by atoms with Crippen molar-refractivity contribution in [2.75, 3.05) is 26.7 Å². The molecule has 0 heterocycles. The highest BCUT2D eigenvalue weighted by Crippen LogP contribution is 1.78. The number of carbonyl (C=O) groups is 1. The quantitative estimate of drug-likeness (QED) is 0.591. The Hall–Kier alpha value is -0.320. The van der Waals surface area contributed by atoms with E-state index in [2.05, 4.69) is 0 Å². The van der Waals surface area contributed by atoms with Crippen LogP contribution in [-0.4, -0.2) is 47.8 Å². The van der Waals surface area contributed by atoms with Gasteiger partial charge in [-0.15, -0.1) is 12.4 Å². The standard InChI is InChI=1S/C5H11NO3.ClH/c1-6(2-3-7)4-5(8)9;/h7H,2-4H2,1H3,(H,8,9);1H. The Labute approximate surface area is 65.9 Å². The maximum absolute atomic E-state index is 9.96. The predicted molar refractivity (Wildman–Crippen MR) is 39.5 cm³/mol. The molecule has 62 valence electrons. The van der Waals surface area contributed by atoms with Gasteiger partial charge in [-0.25, -0.2) is 0 Å². The molecular formula is C5H12ClNO3. The van der Waals surface area contributed by atoms with Crippen LogP contribution in [0.4, 0.5) is 0 Å². The highest BCUT2D eigenvalue weighted by atomic mass is 35.5. The molecule has 0 aliphatic heterocycles. The first-order valence-electron chi connectivity index (χ1n) is 2.68. The van der Waals surface area contributed by atoms with Gasteiger partial charge in [-0.1, -0.05) is 0 Å². The molecule has 0 unspecified atom stereocenters. The maximum atomic E-state index is 9.96. The van der Waals surface area contributed by atoms with E-state index in [1.807, 2.05) is 0 Å². The number of hydrogen-bond acceptors (Lipinski definition) is 3. The number of rotatable bonds is 4. The number of aliphatic carboxylic acids is 1. The van der Waals surface area contributed by atoms with Gasteiger partial charge in [-0.3, -0.25) is 9.69 Å². The van der Waals surface area contributed by atoms with Gasteiger partial charge in [0.1, 0.15) is 0 Å². The minimum atomic E-state index is -0.869. The van der Waals surface area contributed by atoms with Crippen LogP contribution in [0.1, 0.15) is 0 Å². The van der Waals surface area contributed by atoms with Gasteiger partial charge in [-0.2, -0.15) is 0 Å². The van der Waals surface area contributed by atoms with Crippen LogP contribution in [0.25, 0.3) is 0 Å². The minimum Gasteiger partial charge on any atom is -0.480 e. The summed E-state index contributed by atoms with van der Waals surface area (Å²) in [6, 6.07) is 0. The Balaban J connectivity index is 0. The van der Waals surface area contributed by atoms with E-state index in [1.54, 1.807) is 7.05 Å². The lowest BCUT2D eigenvalue weighted by atomic mass is 10.5. The van der Waals surface area contributed by atoms with Crippen LogP contribution in [-0.2, 0) is 4.79 Å². The van der Waals surface area contributed by atoms with Gasteiger partial charge in [0, 0.05) is 6.54 Å². The molecule has 10 heavy (non-hydrogen) atoms. The fraction of sp³-hybridized carbons (Fsp3) is 0.800. The zero-order valence-electron chi connectivity index (χ0n) is 5.78. The van der Waals surface area contributed by atoms with Gasteiger partial charge < -0.3 is 10.2 Å². The second-order valence-electron chi connectivity index (χ2n) is 1.86. The molecule has 4 nitrogen and oxygen atoms in total. The average Bonchev–Trinajstić information content (AvgIpc) is 1.63. The van der Waals surface area contributed by atoms with Gasteiger partial charge in [-0.05, 0) is 7.05 Å². The summed E-state index contributed by atoms with van der Waals surface area (Å²) in [6.45, 7) is 0.399. The molecule has 0 fully saturated rings. The summed E-state index contributed by atoms with van der Waals surface area (Å²) in [7, 11) is 1.64. The number of aliphatic hydroxyl groups is 1. The van der Waals surface area contributed by atoms with Gasteiger partial charge in [0.2, 0.25) is 0 Å². The number of aliphatic hydroxyl groups excluding tert-OH is 1. The molecule has 0 amide bonds. The smallest absolute Gasteiger partial charge is 0.317 e. The number of carboxylic acid groups (broad SMARTS) is 1. The molecule has 0 aromatic rings. The summed E-state index contributed by atoms with van der Waals surface area (Å²) < 4.78 is 0. The maximum Gasteiger partial charge on any atom is 0.317 e. The molecule has 5 heteroatoms. The molecule has 0 aromatic heterocycles. The fourth-order valence-electron chi connectivity index (χ4n) is 0.481. The zero-order chi connectivity index (χ0) is 7.28. The largest absolute Gasteiger partial charge is 0.480 e. The van der Waals surface area contributed by atoms with Gasteiger partial charge in [0.15, 0.2) is 0 Å². The summed E-state index contributed by atoms with van der Waals surface area (Å²) in [5.74, 6) is -0.869. The fourth-order valence-corrected chi connectivity index (χ4v) is 0.481. The van der Waals surface area contributed by atoms with Gasteiger partial charge in [0.05, 0.1) is 13.2 Å². The molecule has 0 aromatic carbocycles. The molecule has 0 rings (SSSR count). The lowest BCUT2D eigenvalue weighted by molar-refractivity contribution is -0.138. The van der Waals surface area contributed by atoms with E-state index in [4.69, 9.17) is 10.2 Å². The molecule has 0 aliphatic rings. The first-order chi connectivity index (χ1) is 4.16. The molecule has 0 bridgehead atoms. The van der Waals surface area contributed by atoms with Crippen molar-refractivity contribution in [3.05, 3.63) is 0 Å². The lowest BCUT2D eigenvalue weighted by Crippen LogP contribution is -2.28. The summed E-state index contributed by atoms with van der Waals surface area (Å²) in [6.07, 6.45) is 0. The zero-order valence-corrected chi connectivity index (χ0v) is 6.60. The second-order valence-corrected chi connectivity index (χ2v) is 1.86. The van der Waals surface area contributed by atoms with Crippen LogP contribution in [0.5, 0.6) is 0 Å². The molecule has 0 atom stereocenters. The lowest BCUT2D eigenvalue weighted by Gasteiger charge is -2.10. The van der Waals surface area contributed by atoms with E-state index in [0.29, 0.717) is 6.54 Å². The normalized spacial score (nSPS) is 9.10. The Bertz CT molecular complexity index is 98.9. The second kappa shape index (κ2) is 6.80. The van der Waals surface area contributed by atoms with E-state index < -0.39 is 5.97 Å². The van der Waals surface area contributed by atoms with Crippen LogP contribution < -0.4 is 0 Å². The van der Waals surface area contributed by atoms with Crippen molar-refractivity contribution in [1.29, 1.82) is 0 Å². The molecule has 0 saturated carbocycles. The SMILES string of the molecule is CN(CCO)CC(=O)O.Cl. The Morgan fingerprint density at radius 2 is 2.10 bits per heavy atom. The third kappa shape index (κ3) is 7.68. The van der Waals surface area contributed by atoms with E-state index in [1.165, 1.54) is 4.90 Å². The highest BCUT2D eigenvalue weighted by Gasteiger charge is 2.00. The summed E-state index contributed by atoms with van der Waals surface area (Å²) in [4.78, 5) is 11.5. The number of likely N-dealkylation sites (N-methyl/N-ethyl adjacent to an activating group) is 1. The number of carboxylic acids is 1. The number of halogens is 1. The summed E-state index contributed by atoms with van der Waals surface area (Å²) >= 11 is 0. The number of nitrogens with zero attached hydrogens (tertiary/aromatic N) is 1. The molecule has 0 spiro atoms. The van der Waals surface area contributed by atoms with Gasteiger partial charge >= 0.3 is 5.97 Å². The monoisotopic (exact) mass is 169 g/mol. The van der Waals surface area contributed by atoms with Crippen molar-refractivity contribution in [3.8, 4) is 0 Å². The minimum absolute atomic E-state index is 0. The number of hydrogen-bond donors (Lipinski definition) is 2. The highest BCUT2D eigenvalue weighted by molar-refractivity contribution is 5.85. The van der Waals surface area contributed by atoms with Crippen molar-refractivity contribution in [1.82, 2.24) is 4.90 Å². The van der Waals surface area contributed by atoms with Crippen molar-refractivity contribution in [3.63, 3.8) is 0 Å². The molecule has 0 radical (unpaired) electrons. The molecular weight excluding hydrogens is 158 g/mol. The third-order valence-electron chi connectivity index (χ3n) is 0.887. The van der Waals surface area contributed by atoms with Crippen molar-refractivity contribution in [2.24, 2.45) is 0 Å². The topological polar surface area (TPSA) is 60.8 Å². The van der Waals surface area contributed by atoms with Crippen LogP contribution in [0.3, 0.4) is 0 Å². The van der Waals surface area contributed by atoms with E-state index in [9.17, 15) is 4.79 Å². The Morgan fingerprint density at radius 1 is 1.60 bits per heavy atom. The molecule has 0 saturated heterocycles. The van der Waals surface area contributed by atoms with Crippen LogP contribution in [0.15, 0.2) is 0 Å². The Morgan fingerprint density at radius 3 is 2.40 bits per heavy atom. The van der Waals surface area contributed by atoms with E-state index >= 15 is 0 Å². The molecule has 0 aliphatic carbocycles. The average molecular weight is 170 g/mol. The first kappa shape index (κ1) is 12.4. The molecule has 2 N–H and O–H groups in total. The summed E-state index contributed by atoms with van der Waals surface area (Å²) in [5.41, 5.74) is 0. The van der Waals surface area contributed by atoms with Gasteiger partial charge in [0.25, 0.3) is 0 Å². The van der Waals surface area contributed by atoms with E-state index in [0.717, 1.165) is 0 Å². The van der Waals surface area contributed by atoms with Crippen LogP contribution in [0, 0.1) is 0 Å². The summed E-state index contributed by atoms with van der Waals surface area (Å²) in [5, 5.41) is 16.5. The first-order valence-corrected chi connectivity index (χ1v) is 2.68. The Kier molecular flexibility index (Phi) is 8.40. The predicted octanol–water partition coefficient (Wildman–Crippen LogP) is -0.583. The van der Waals surface area contributed by atoms with Crippen LogP contribution in [0.2, 0.25) is 0 Å². The van der Waals surface area contributed by atoms with Crippen molar-refractivity contribution < 1.29 is 15.0 Å². The van der Waals surface area contributed by atoms with E-state index in [-0.39, 0.29) is 25.6 Å². The van der Waals surface area contributed by atoms with Crippen molar-refractivity contribution >= 4 is 18.4 Å². The van der Waals surface area contributed by atoms with Crippen LogP contribution >= 0.6 is 12.4 Å².